The van der Waals surface area contributed by atoms with Gasteiger partial charge in [0.15, 0.2) is 0 Å². The molecule has 21 heavy (non-hydrogen) atoms. The van der Waals surface area contributed by atoms with E-state index < -0.39 is 0 Å². The monoisotopic (exact) mass is 323 g/mol. The van der Waals surface area contributed by atoms with Crippen LogP contribution in [-0.4, -0.2) is 37.6 Å². The van der Waals surface area contributed by atoms with E-state index in [4.69, 9.17) is 0 Å². The zero-order chi connectivity index (χ0) is 14.4. The van der Waals surface area contributed by atoms with E-state index in [0.29, 0.717) is 0 Å². The summed E-state index contributed by atoms with van der Waals surface area (Å²) >= 11 is 0. The molecule has 0 amide bonds. The van der Waals surface area contributed by atoms with Crippen molar-refractivity contribution >= 4 is 0 Å². The summed E-state index contributed by atoms with van der Waals surface area (Å²) in [4.78, 5) is 0. The minimum absolute atomic E-state index is 0. The molecule has 0 bridgehead atoms. The van der Waals surface area contributed by atoms with Crippen molar-refractivity contribution in [2.75, 3.05) is 27.7 Å². The Morgan fingerprint density at radius 2 is 0.810 bits per heavy atom. The van der Waals surface area contributed by atoms with Gasteiger partial charge in [0.2, 0.25) is 0 Å². The maximum Gasteiger partial charge on any atom is 0.0780 e. The Bertz CT molecular complexity index is 181. The molecule has 0 heterocycles. The minimum atomic E-state index is 0. The van der Waals surface area contributed by atoms with Crippen LogP contribution in [0.4, 0.5) is 0 Å². The summed E-state index contributed by atoms with van der Waals surface area (Å²) in [5.74, 6) is 0. The lowest BCUT2D eigenvalue weighted by atomic mass is 10.0. The highest BCUT2D eigenvalue weighted by atomic mass is 35.5. The lowest BCUT2D eigenvalue weighted by Gasteiger charge is -2.23. The smallest absolute Gasteiger partial charge is 0.0780 e. The van der Waals surface area contributed by atoms with Gasteiger partial charge in [0.05, 0.1) is 27.7 Å². The largest absolute Gasteiger partial charge is 1.00 e. The Morgan fingerprint density at radius 3 is 1.10 bits per heavy atom. The number of nitrogens with zero attached hydrogens (tertiary/aromatic N) is 1. The van der Waals surface area contributed by atoms with Gasteiger partial charge in [-0.2, -0.15) is 0 Å². The third-order valence-corrected chi connectivity index (χ3v) is 3.93. The Labute approximate surface area is 141 Å². The van der Waals surface area contributed by atoms with Crippen LogP contribution in [0.5, 0.6) is 0 Å². The van der Waals surface area contributed by atoms with Crippen molar-refractivity contribution in [1.29, 1.82) is 0 Å². The molecule has 0 radical (unpaired) electrons. The highest BCUT2D eigenvalue weighted by molar-refractivity contribution is 4.48. The predicted molar refractivity (Wildman–Crippen MR) is 92.2 cm³/mol. The van der Waals surface area contributed by atoms with E-state index in [1.165, 1.54) is 90.0 Å². The summed E-state index contributed by atoms with van der Waals surface area (Å²) in [7, 11) is 6.88. The maximum atomic E-state index is 2.29. The molecule has 0 atom stereocenters. The predicted octanol–water partition coefficient (Wildman–Crippen LogP) is 1.96. The van der Waals surface area contributed by atoms with E-state index in [9.17, 15) is 0 Å². The molecule has 0 fully saturated rings. The number of quaternary nitrogens is 1. The molecule has 0 unspecified atom stereocenters. The van der Waals surface area contributed by atoms with E-state index in [-0.39, 0.29) is 17.9 Å². The molecule has 0 aliphatic heterocycles. The minimum Gasteiger partial charge on any atom is -1.00 e. The number of hydrogen-bond donors (Lipinski definition) is 0. The van der Waals surface area contributed by atoms with Crippen molar-refractivity contribution in [2.45, 2.75) is 90.4 Å². The number of unbranched alkanes of at least 4 members (excludes halogenated alkanes) is 12. The summed E-state index contributed by atoms with van der Waals surface area (Å²) < 4.78 is 1.12. The van der Waals surface area contributed by atoms with Gasteiger partial charge in [0.1, 0.15) is 0 Å². The van der Waals surface area contributed by atoms with Crippen LogP contribution >= 0.6 is 0 Å². The standard InChI is InChI=1S/C18H40N.ClH.H2O/c1-5-6-7-8-9-10-11-12-13-14-15-16-17-18-19(2,3)4;;/h5-18H2,1-4H3;1H;1H2/q+1;;/p-1. The molecule has 132 valence electrons. The first-order valence-corrected chi connectivity index (χ1v) is 8.86. The Hall–Kier alpha value is 0.210. The van der Waals surface area contributed by atoms with Crippen molar-refractivity contribution in [3.63, 3.8) is 0 Å². The highest BCUT2D eigenvalue weighted by Gasteiger charge is 2.04. The third kappa shape index (κ3) is 25.5. The van der Waals surface area contributed by atoms with E-state index in [2.05, 4.69) is 28.1 Å². The van der Waals surface area contributed by atoms with Crippen molar-refractivity contribution < 1.29 is 22.4 Å². The SMILES string of the molecule is CCCCCCCCCCCCCCC[N+](C)(C)C.O.[Cl-]. The lowest BCUT2D eigenvalue weighted by molar-refractivity contribution is -0.870. The van der Waals surface area contributed by atoms with E-state index in [0.717, 1.165) is 4.48 Å². The molecule has 0 rings (SSSR count). The molecular weight excluding hydrogens is 282 g/mol. The molecule has 3 heteroatoms. The van der Waals surface area contributed by atoms with Crippen LogP contribution in [0.3, 0.4) is 0 Å². The fourth-order valence-corrected chi connectivity index (χ4v) is 2.60. The van der Waals surface area contributed by atoms with E-state index >= 15 is 0 Å². The first-order valence-electron chi connectivity index (χ1n) is 8.86. The van der Waals surface area contributed by atoms with Crippen LogP contribution in [-0.2, 0) is 0 Å². The fourth-order valence-electron chi connectivity index (χ4n) is 2.60. The molecule has 0 saturated heterocycles. The first kappa shape index (κ1) is 26.1. The summed E-state index contributed by atoms with van der Waals surface area (Å²) in [6.45, 7) is 3.62. The Morgan fingerprint density at radius 1 is 0.524 bits per heavy atom. The highest BCUT2D eigenvalue weighted by Crippen LogP contribution is 2.12. The molecule has 0 aromatic carbocycles. The average Bonchev–Trinajstić information content (AvgIpc) is 2.34. The topological polar surface area (TPSA) is 31.5 Å². The van der Waals surface area contributed by atoms with Crippen LogP contribution < -0.4 is 12.4 Å². The quantitative estimate of drug-likeness (QED) is 0.346. The van der Waals surface area contributed by atoms with Gasteiger partial charge < -0.3 is 22.4 Å². The molecule has 0 aromatic heterocycles. The molecular formula is C18H42ClNO. The lowest BCUT2D eigenvalue weighted by Crippen LogP contribution is -3.00. The van der Waals surface area contributed by atoms with Gasteiger partial charge in [0.25, 0.3) is 0 Å². The van der Waals surface area contributed by atoms with Crippen molar-refractivity contribution in [1.82, 2.24) is 0 Å². The zero-order valence-electron chi connectivity index (χ0n) is 15.2. The molecule has 0 saturated carbocycles. The molecule has 2 nitrogen and oxygen atoms in total. The Balaban J connectivity index is -0.00000162. The van der Waals surface area contributed by atoms with Crippen LogP contribution in [0.25, 0.3) is 0 Å². The molecule has 0 aromatic rings. The van der Waals surface area contributed by atoms with Crippen LogP contribution in [0.1, 0.15) is 90.4 Å². The van der Waals surface area contributed by atoms with Gasteiger partial charge in [-0.1, -0.05) is 77.6 Å². The molecule has 0 aliphatic rings. The summed E-state index contributed by atoms with van der Waals surface area (Å²) in [6.07, 6.45) is 18.9. The number of rotatable bonds is 14. The van der Waals surface area contributed by atoms with Gasteiger partial charge in [-0.25, -0.2) is 0 Å². The van der Waals surface area contributed by atoms with E-state index in [1.807, 2.05) is 0 Å². The van der Waals surface area contributed by atoms with Gasteiger partial charge in [-0.05, 0) is 12.8 Å². The van der Waals surface area contributed by atoms with Crippen molar-refractivity contribution in [2.24, 2.45) is 0 Å². The second kappa shape index (κ2) is 18.3. The van der Waals surface area contributed by atoms with E-state index in [1.54, 1.807) is 0 Å². The van der Waals surface area contributed by atoms with Gasteiger partial charge in [0, 0.05) is 0 Å². The van der Waals surface area contributed by atoms with Gasteiger partial charge >= 0.3 is 0 Å². The third-order valence-electron chi connectivity index (χ3n) is 3.93. The van der Waals surface area contributed by atoms with Gasteiger partial charge in [-0.3, -0.25) is 0 Å². The average molecular weight is 324 g/mol. The second-order valence-electron chi connectivity index (χ2n) is 7.26. The second-order valence-corrected chi connectivity index (χ2v) is 7.26. The zero-order valence-corrected chi connectivity index (χ0v) is 16.0. The Kier molecular flexibility index (Phi) is 22.7. The molecule has 0 spiro atoms. The fraction of sp³-hybridized carbons (Fsp3) is 1.00. The molecule has 0 aliphatic carbocycles. The van der Waals surface area contributed by atoms with Crippen molar-refractivity contribution in [3.05, 3.63) is 0 Å². The van der Waals surface area contributed by atoms with Gasteiger partial charge in [-0.15, -0.1) is 0 Å². The van der Waals surface area contributed by atoms with Crippen molar-refractivity contribution in [3.8, 4) is 0 Å². The van der Waals surface area contributed by atoms with Crippen LogP contribution in [0.15, 0.2) is 0 Å². The summed E-state index contributed by atoms with van der Waals surface area (Å²) in [5.41, 5.74) is 0. The normalized spacial score (nSPS) is 10.9. The van der Waals surface area contributed by atoms with Crippen LogP contribution in [0.2, 0.25) is 0 Å². The summed E-state index contributed by atoms with van der Waals surface area (Å²) in [6, 6.07) is 0. The number of halogens is 1. The summed E-state index contributed by atoms with van der Waals surface area (Å²) in [5, 5.41) is 0. The first-order chi connectivity index (χ1) is 9.06. The van der Waals surface area contributed by atoms with Crippen LogP contribution in [0, 0.1) is 0 Å². The maximum absolute atomic E-state index is 2.29. The molecule has 2 N–H and O–H groups in total. The number of hydrogen-bond acceptors (Lipinski definition) is 0.